The smallest absolute Gasteiger partial charge is 0.224 e. The maximum Gasteiger partial charge on any atom is 0.224 e. The summed E-state index contributed by atoms with van der Waals surface area (Å²) < 4.78 is 14.0. The van der Waals surface area contributed by atoms with Gasteiger partial charge >= 0.3 is 0 Å². The van der Waals surface area contributed by atoms with E-state index in [1.54, 1.807) is 11.0 Å². The first-order valence-corrected chi connectivity index (χ1v) is 7.52. The third-order valence-corrected chi connectivity index (χ3v) is 4.64. The van der Waals surface area contributed by atoms with Crippen LogP contribution in [0.15, 0.2) is 22.7 Å². The molecule has 19 heavy (non-hydrogen) atoms. The van der Waals surface area contributed by atoms with Crippen LogP contribution in [0.25, 0.3) is 0 Å². The van der Waals surface area contributed by atoms with Crippen molar-refractivity contribution in [2.24, 2.45) is 0 Å². The molecule has 0 N–H and O–H groups in total. The summed E-state index contributed by atoms with van der Waals surface area (Å²) in [5.74, 6) is -0.311. The maximum absolute atomic E-state index is 13.2. The van der Waals surface area contributed by atoms with Crippen LogP contribution in [0.2, 0.25) is 0 Å². The van der Waals surface area contributed by atoms with Crippen LogP contribution in [0.1, 0.15) is 18.9 Å². The lowest BCUT2D eigenvalue weighted by Gasteiger charge is -2.17. The fourth-order valence-corrected chi connectivity index (χ4v) is 3.39. The molecule has 0 bridgehead atoms. The van der Waals surface area contributed by atoms with E-state index >= 15 is 0 Å². The number of halogens is 2. The van der Waals surface area contributed by atoms with Crippen LogP contribution in [-0.2, 0) is 16.1 Å². The Morgan fingerprint density at radius 2 is 2.32 bits per heavy atom. The summed E-state index contributed by atoms with van der Waals surface area (Å²) in [5.41, 5.74) is 0.738. The van der Waals surface area contributed by atoms with Gasteiger partial charge < -0.3 is 4.90 Å². The number of hydrogen-bond acceptors (Lipinski definition) is 3. The van der Waals surface area contributed by atoms with E-state index in [4.69, 9.17) is 0 Å². The second kappa shape index (κ2) is 6.05. The molecule has 1 atom stereocenters. The van der Waals surface area contributed by atoms with E-state index in [0.29, 0.717) is 19.5 Å². The second-order valence-electron chi connectivity index (χ2n) is 4.45. The summed E-state index contributed by atoms with van der Waals surface area (Å²) in [4.78, 5) is 24.6. The molecular formula is C13H13BrFNO2S. The van der Waals surface area contributed by atoms with E-state index in [9.17, 15) is 14.0 Å². The van der Waals surface area contributed by atoms with Gasteiger partial charge in [0.1, 0.15) is 5.82 Å². The number of benzene rings is 1. The summed E-state index contributed by atoms with van der Waals surface area (Å²) in [6.07, 6.45) is 0.372. The number of hydrogen-bond donors (Lipinski definition) is 0. The topological polar surface area (TPSA) is 37.4 Å². The van der Waals surface area contributed by atoms with Gasteiger partial charge in [-0.1, -0.05) is 27.7 Å². The number of carbonyl (C=O) groups excluding carboxylic acids is 2. The lowest BCUT2D eigenvalue weighted by molar-refractivity contribution is -0.128. The highest BCUT2D eigenvalue weighted by molar-refractivity contribution is 9.10. The Bertz CT molecular complexity index is 523. The monoisotopic (exact) mass is 345 g/mol. The van der Waals surface area contributed by atoms with Gasteiger partial charge in [0.2, 0.25) is 5.91 Å². The Kier molecular flexibility index (Phi) is 4.62. The lowest BCUT2D eigenvalue weighted by atomic mass is 10.2. The molecule has 1 unspecified atom stereocenters. The Hall–Kier alpha value is -0.880. The molecule has 0 radical (unpaired) electrons. The first-order chi connectivity index (χ1) is 8.95. The molecule has 0 saturated carbocycles. The van der Waals surface area contributed by atoms with Crippen molar-refractivity contribution in [1.29, 1.82) is 0 Å². The molecule has 1 saturated heterocycles. The van der Waals surface area contributed by atoms with Crippen molar-refractivity contribution in [1.82, 2.24) is 4.90 Å². The Labute approximate surface area is 123 Å². The van der Waals surface area contributed by atoms with Crippen LogP contribution in [0.5, 0.6) is 0 Å². The lowest BCUT2D eigenvalue weighted by Crippen LogP contribution is -2.25. The van der Waals surface area contributed by atoms with Crippen molar-refractivity contribution in [2.75, 3.05) is 6.54 Å². The summed E-state index contributed by atoms with van der Waals surface area (Å²) >= 11 is 4.55. The van der Waals surface area contributed by atoms with Crippen LogP contribution < -0.4 is 0 Å². The SMILES string of the molecule is CC(=O)SC1CC(=O)N(Cc2cc(F)ccc2Br)C1. The molecule has 2 rings (SSSR count). The zero-order valence-electron chi connectivity index (χ0n) is 10.4. The molecule has 1 aliphatic rings. The van der Waals surface area contributed by atoms with Crippen molar-refractivity contribution >= 4 is 38.7 Å². The van der Waals surface area contributed by atoms with Gasteiger partial charge in [-0.3, -0.25) is 9.59 Å². The highest BCUT2D eigenvalue weighted by Crippen LogP contribution is 2.27. The molecule has 0 spiro atoms. The van der Waals surface area contributed by atoms with Gasteiger partial charge in [0, 0.05) is 36.2 Å². The van der Waals surface area contributed by atoms with Crippen LogP contribution in [0.3, 0.4) is 0 Å². The molecular weight excluding hydrogens is 333 g/mol. The summed E-state index contributed by atoms with van der Waals surface area (Å²) in [6.45, 7) is 2.40. The predicted octanol–water partition coefficient (Wildman–Crippen LogP) is 2.97. The van der Waals surface area contributed by atoms with Gasteiger partial charge in [-0.05, 0) is 23.8 Å². The fourth-order valence-electron chi connectivity index (χ4n) is 2.07. The van der Waals surface area contributed by atoms with Gasteiger partial charge in [-0.2, -0.15) is 0 Å². The normalized spacial score (nSPS) is 19.0. The number of nitrogens with zero attached hydrogens (tertiary/aromatic N) is 1. The van der Waals surface area contributed by atoms with E-state index in [-0.39, 0.29) is 22.1 Å². The molecule has 6 heteroatoms. The van der Waals surface area contributed by atoms with Crippen LogP contribution in [-0.4, -0.2) is 27.7 Å². The van der Waals surface area contributed by atoms with E-state index in [2.05, 4.69) is 15.9 Å². The zero-order chi connectivity index (χ0) is 14.0. The molecule has 1 heterocycles. The minimum Gasteiger partial charge on any atom is -0.337 e. The number of rotatable bonds is 3. The van der Waals surface area contributed by atoms with Gasteiger partial charge in [0.05, 0.1) is 0 Å². The van der Waals surface area contributed by atoms with Gasteiger partial charge in [0.15, 0.2) is 5.12 Å². The second-order valence-corrected chi connectivity index (χ2v) is 6.78. The van der Waals surface area contributed by atoms with Gasteiger partial charge in [-0.15, -0.1) is 0 Å². The third kappa shape index (κ3) is 3.79. The summed E-state index contributed by atoms with van der Waals surface area (Å²) in [7, 11) is 0. The minimum absolute atomic E-state index is 0.00918. The zero-order valence-corrected chi connectivity index (χ0v) is 12.8. The molecule has 3 nitrogen and oxygen atoms in total. The van der Waals surface area contributed by atoms with Crippen molar-refractivity contribution in [3.8, 4) is 0 Å². The molecule has 0 aliphatic carbocycles. The van der Waals surface area contributed by atoms with Gasteiger partial charge in [-0.25, -0.2) is 4.39 Å². The number of amides is 1. The first kappa shape index (κ1) is 14.5. The van der Waals surface area contributed by atoms with Crippen molar-refractivity contribution in [3.63, 3.8) is 0 Å². The predicted molar refractivity (Wildman–Crippen MR) is 76.2 cm³/mol. The van der Waals surface area contributed by atoms with E-state index in [1.165, 1.54) is 30.8 Å². The quantitative estimate of drug-likeness (QED) is 0.845. The van der Waals surface area contributed by atoms with Crippen molar-refractivity contribution in [2.45, 2.75) is 25.1 Å². The first-order valence-electron chi connectivity index (χ1n) is 5.84. The van der Waals surface area contributed by atoms with E-state index in [1.807, 2.05) is 0 Å². The highest BCUT2D eigenvalue weighted by Gasteiger charge is 2.31. The molecule has 1 aromatic rings. The highest BCUT2D eigenvalue weighted by atomic mass is 79.9. The number of likely N-dealkylation sites (tertiary alicyclic amines) is 1. The summed E-state index contributed by atoms with van der Waals surface area (Å²) in [5, 5.41) is 0.0314. The van der Waals surface area contributed by atoms with Crippen molar-refractivity contribution in [3.05, 3.63) is 34.1 Å². The molecule has 1 aromatic carbocycles. The molecule has 1 fully saturated rings. The maximum atomic E-state index is 13.2. The van der Waals surface area contributed by atoms with Crippen molar-refractivity contribution < 1.29 is 14.0 Å². The van der Waals surface area contributed by atoms with E-state index < -0.39 is 0 Å². The van der Waals surface area contributed by atoms with Crippen LogP contribution >= 0.6 is 27.7 Å². The minimum atomic E-state index is -0.320. The Morgan fingerprint density at radius 3 is 3.00 bits per heavy atom. The van der Waals surface area contributed by atoms with Crippen LogP contribution in [0.4, 0.5) is 4.39 Å². The van der Waals surface area contributed by atoms with Crippen LogP contribution in [0, 0.1) is 5.82 Å². The standard InChI is InChI=1S/C13H13BrFNO2S/c1-8(17)19-11-5-13(18)16(7-11)6-9-4-10(15)2-3-12(9)14/h2-4,11H,5-7H2,1H3. The molecule has 0 aromatic heterocycles. The van der Waals surface area contributed by atoms with E-state index in [0.717, 1.165) is 10.0 Å². The largest absolute Gasteiger partial charge is 0.337 e. The third-order valence-electron chi connectivity index (χ3n) is 2.88. The summed E-state index contributed by atoms with van der Waals surface area (Å²) in [6, 6.07) is 4.42. The molecule has 1 amide bonds. The average Bonchev–Trinajstić information content (AvgIpc) is 2.63. The Morgan fingerprint density at radius 1 is 1.58 bits per heavy atom. The molecule has 102 valence electrons. The number of carbonyl (C=O) groups is 2. The molecule has 1 aliphatic heterocycles. The number of thioether (sulfide) groups is 1. The average molecular weight is 346 g/mol. The Balaban J connectivity index is 2.05. The fraction of sp³-hybridized carbons (Fsp3) is 0.385. The van der Waals surface area contributed by atoms with Gasteiger partial charge in [0.25, 0.3) is 0 Å².